The van der Waals surface area contributed by atoms with Crippen molar-refractivity contribution in [3.63, 3.8) is 0 Å². The highest BCUT2D eigenvalue weighted by atomic mass is 32.1. The van der Waals surface area contributed by atoms with E-state index in [0.717, 1.165) is 55.4 Å². The lowest BCUT2D eigenvalue weighted by atomic mass is 9.83. The van der Waals surface area contributed by atoms with Crippen LogP contribution in [-0.2, 0) is 27.2 Å². The number of aryl methyl sites for hydroxylation is 1. The number of nitrogens with zero attached hydrogens (tertiary/aromatic N) is 1. The second kappa shape index (κ2) is 8.74. The van der Waals surface area contributed by atoms with Gasteiger partial charge in [-0.25, -0.2) is 4.79 Å². The predicted octanol–water partition coefficient (Wildman–Crippen LogP) is 3.08. The average molecular weight is 404 g/mol. The normalized spacial score (nSPS) is 17.7. The highest BCUT2D eigenvalue weighted by Crippen LogP contribution is 2.38. The fourth-order valence-electron chi connectivity index (χ4n) is 3.96. The lowest BCUT2D eigenvalue weighted by molar-refractivity contribution is -0.126. The maximum Gasteiger partial charge on any atom is 0.341 e. The van der Waals surface area contributed by atoms with Crippen LogP contribution in [0.15, 0.2) is 0 Å². The maximum absolute atomic E-state index is 12.7. The van der Waals surface area contributed by atoms with E-state index in [1.165, 1.54) is 18.3 Å². The molecule has 0 unspecified atom stereocenters. The summed E-state index contributed by atoms with van der Waals surface area (Å²) in [4.78, 5) is 37.6. The number of hydrogen-bond donors (Lipinski definition) is 2. The zero-order valence-electron chi connectivity index (χ0n) is 16.1. The number of anilines is 1. The molecule has 1 aromatic rings. The molecule has 0 radical (unpaired) electrons. The molecule has 3 rings (SSSR count). The number of ether oxygens (including phenoxy) is 1. The van der Waals surface area contributed by atoms with Gasteiger partial charge >= 0.3 is 5.97 Å². The molecule has 1 saturated carbocycles. The van der Waals surface area contributed by atoms with Crippen LogP contribution < -0.4 is 10.6 Å². The van der Waals surface area contributed by atoms with Crippen molar-refractivity contribution in [2.45, 2.75) is 70.3 Å². The smallest absolute Gasteiger partial charge is 0.341 e. The number of carbonyl (C=O) groups excluding carboxylic acids is 3. The first-order valence-electron chi connectivity index (χ1n) is 9.75. The summed E-state index contributed by atoms with van der Waals surface area (Å²) in [6, 6.07) is 2.22. The lowest BCUT2D eigenvalue weighted by Crippen LogP contribution is -2.50. The van der Waals surface area contributed by atoms with Gasteiger partial charge in [0, 0.05) is 11.8 Å². The molecule has 28 heavy (non-hydrogen) atoms. The molecule has 0 aliphatic heterocycles. The van der Waals surface area contributed by atoms with Crippen molar-refractivity contribution < 1.29 is 19.1 Å². The number of fused-ring (bicyclic) bond motifs is 1. The van der Waals surface area contributed by atoms with E-state index in [4.69, 9.17) is 4.74 Å². The van der Waals surface area contributed by atoms with Crippen molar-refractivity contribution >= 4 is 34.1 Å². The summed E-state index contributed by atoms with van der Waals surface area (Å²) in [5.41, 5.74) is 0.437. The summed E-state index contributed by atoms with van der Waals surface area (Å²) in [5, 5.41) is 15.4. The number of hydrogen-bond acceptors (Lipinski definition) is 6. The molecular formula is C20H25N3O4S. The SMILES string of the molecule is CC(=O)Nc1sc2c(c1C(=O)OCC(=O)NC1(C#N)CCCCC1)CCCC2. The van der Waals surface area contributed by atoms with Crippen LogP contribution in [0.4, 0.5) is 5.00 Å². The Hall–Kier alpha value is -2.40. The monoisotopic (exact) mass is 403 g/mol. The minimum atomic E-state index is -0.857. The van der Waals surface area contributed by atoms with Gasteiger partial charge < -0.3 is 15.4 Å². The van der Waals surface area contributed by atoms with Crippen molar-refractivity contribution in [2.24, 2.45) is 0 Å². The van der Waals surface area contributed by atoms with E-state index in [-0.39, 0.29) is 5.91 Å². The van der Waals surface area contributed by atoms with Crippen molar-refractivity contribution in [2.75, 3.05) is 11.9 Å². The fourth-order valence-corrected chi connectivity index (χ4v) is 5.28. The van der Waals surface area contributed by atoms with Crippen LogP contribution in [0, 0.1) is 11.3 Å². The molecule has 2 aliphatic carbocycles. The first kappa shape index (κ1) is 20.3. The molecule has 1 aromatic heterocycles. The van der Waals surface area contributed by atoms with E-state index in [1.807, 2.05) is 0 Å². The maximum atomic E-state index is 12.7. The number of rotatable bonds is 5. The van der Waals surface area contributed by atoms with E-state index in [0.29, 0.717) is 23.4 Å². The van der Waals surface area contributed by atoms with Gasteiger partial charge in [0.15, 0.2) is 6.61 Å². The van der Waals surface area contributed by atoms with Gasteiger partial charge in [0.25, 0.3) is 5.91 Å². The molecule has 0 atom stereocenters. The molecular weight excluding hydrogens is 378 g/mol. The highest BCUT2D eigenvalue weighted by Gasteiger charge is 2.34. The number of nitriles is 1. The Bertz CT molecular complexity index is 818. The summed E-state index contributed by atoms with van der Waals surface area (Å²) < 4.78 is 5.26. The number of carbonyl (C=O) groups is 3. The number of thiophene rings is 1. The number of amides is 2. The Morgan fingerprint density at radius 2 is 1.86 bits per heavy atom. The lowest BCUT2D eigenvalue weighted by Gasteiger charge is -2.31. The molecule has 0 saturated heterocycles. The summed E-state index contributed by atoms with van der Waals surface area (Å²) in [6.45, 7) is 0.958. The molecule has 0 bridgehead atoms. The van der Waals surface area contributed by atoms with Gasteiger partial charge in [0.05, 0.1) is 11.6 Å². The third-order valence-corrected chi connectivity index (χ3v) is 6.51. The van der Waals surface area contributed by atoms with E-state index in [9.17, 15) is 19.6 Å². The first-order chi connectivity index (χ1) is 13.4. The predicted molar refractivity (Wildman–Crippen MR) is 105 cm³/mol. The summed E-state index contributed by atoms with van der Waals surface area (Å²) in [7, 11) is 0. The zero-order valence-corrected chi connectivity index (χ0v) is 16.9. The third kappa shape index (κ3) is 4.53. The molecule has 2 amide bonds. The van der Waals surface area contributed by atoms with Gasteiger partial charge in [-0.2, -0.15) is 5.26 Å². The molecule has 7 nitrogen and oxygen atoms in total. The molecule has 0 aromatic carbocycles. The van der Waals surface area contributed by atoms with E-state index >= 15 is 0 Å². The molecule has 150 valence electrons. The van der Waals surface area contributed by atoms with Gasteiger partial charge in [0.1, 0.15) is 10.5 Å². The Labute approximate surface area is 168 Å². The second-order valence-electron chi connectivity index (χ2n) is 7.48. The largest absolute Gasteiger partial charge is 0.452 e. The van der Waals surface area contributed by atoms with Gasteiger partial charge in [-0.3, -0.25) is 9.59 Å². The van der Waals surface area contributed by atoms with Crippen molar-refractivity contribution in [3.05, 3.63) is 16.0 Å². The first-order valence-corrected chi connectivity index (χ1v) is 10.6. The summed E-state index contributed by atoms with van der Waals surface area (Å²) in [5.74, 6) is -1.33. The van der Waals surface area contributed by atoms with Crippen molar-refractivity contribution in [1.82, 2.24) is 5.32 Å². The Morgan fingerprint density at radius 1 is 1.14 bits per heavy atom. The van der Waals surface area contributed by atoms with Crippen LogP contribution in [0.25, 0.3) is 0 Å². The molecule has 0 spiro atoms. The fraction of sp³-hybridized carbons (Fsp3) is 0.600. The van der Waals surface area contributed by atoms with Crippen LogP contribution in [0.2, 0.25) is 0 Å². The second-order valence-corrected chi connectivity index (χ2v) is 8.58. The summed E-state index contributed by atoms with van der Waals surface area (Å²) in [6.07, 6.45) is 7.77. The average Bonchev–Trinajstić information content (AvgIpc) is 3.04. The van der Waals surface area contributed by atoms with Crippen molar-refractivity contribution in [1.29, 1.82) is 5.26 Å². The van der Waals surface area contributed by atoms with Crippen molar-refractivity contribution in [3.8, 4) is 6.07 Å². The third-order valence-electron chi connectivity index (χ3n) is 5.30. The molecule has 1 heterocycles. The molecule has 2 aliphatic rings. The van der Waals surface area contributed by atoms with Crippen LogP contribution in [0.5, 0.6) is 0 Å². The van der Waals surface area contributed by atoms with Crippen LogP contribution in [0.3, 0.4) is 0 Å². The summed E-state index contributed by atoms with van der Waals surface area (Å²) >= 11 is 1.41. The minimum absolute atomic E-state index is 0.251. The molecule has 1 fully saturated rings. The quantitative estimate of drug-likeness (QED) is 0.735. The van der Waals surface area contributed by atoms with E-state index in [1.54, 1.807) is 0 Å². The Morgan fingerprint density at radius 3 is 2.54 bits per heavy atom. The van der Waals surface area contributed by atoms with Gasteiger partial charge in [0.2, 0.25) is 5.91 Å². The van der Waals surface area contributed by atoms with Gasteiger partial charge in [-0.15, -0.1) is 11.3 Å². The van der Waals surface area contributed by atoms with Crippen LogP contribution in [0.1, 0.15) is 72.7 Å². The Kier molecular flexibility index (Phi) is 6.35. The number of nitrogens with one attached hydrogen (secondary N) is 2. The standard InChI is InChI=1S/C20H25N3O4S/c1-13(24)22-18-17(14-7-3-4-8-15(14)28-18)19(26)27-11-16(25)23-20(12-21)9-5-2-6-10-20/h2-11H2,1H3,(H,22,24)(H,23,25). The molecule has 8 heteroatoms. The number of esters is 1. The van der Waals surface area contributed by atoms with Gasteiger partial charge in [-0.1, -0.05) is 19.3 Å². The highest BCUT2D eigenvalue weighted by molar-refractivity contribution is 7.17. The van der Waals surface area contributed by atoms with Crippen LogP contribution >= 0.6 is 11.3 Å². The van der Waals surface area contributed by atoms with Gasteiger partial charge in [-0.05, 0) is 44.1 Å². The zero-order chi connectivity index (χ0) is 20.1. The molecule has 2 N–H and O–H groups in total. The Balaban J connectivity index is 1.67. The van der Waals surface area contributed by atoms with Crippen LogP contribution in [-0.4, -0.2) is 29.9 Å². The van der Waals surface area contributed by atoms with E-state index in [2.05, 4.69) is 16.7 Å². The topological polar surface area (TPSA) is 108 Å². The minimum Gasteiger partial charge on any atom is -0.452 e. The van der Waals surface area contributed by atoms with E-state index < -0.39 is 24.0 Å².